The maximum atomic E-state index is 12.1. The molecule has 138 valence electrons. The van der Waals surface area contributed by atoms with Crippen molar-refractivity contribution in [3.8, 4) is 6.07 Å². The van der Waals surface area contributed by atoms with Crippen molar-refractivity contribution in [3.05, 3.63) is 16.8 Å². The summed E-state index contributed by atoms with van der Waals surface area (Å²) in [5.74, 6) is -0.756. The molecule has 9 heteroatoms. The molecule has 0 aliphatic rings. The van der Waals surface area contributed by atoms with Crippen molar-refractivity contribution in [2.75, 3.05) is 19.3 Å². The third-order valence-corrected chi connectivity index (χ3v) is 5.93. The van der Waals surface area contributed by atoms with E-state index in [0.717, 1.165) is 20.8 Å². The molecule has 26 heavy (non-hydrogen) atoms. The lowest BCUT2D eigenvalue weighted by Gasteiger charge is -2.20. The first-order valence-electron chi connectivity index (χ1n) is 8.00. The fourth-order valence-electron chi connectivity index (χ4n) is 2.31. The quantitative estimate of drug-likeness (QED) is 0.406. The van der Waals surface area contributed by atoms with Gasteiger partial charge >= 0.3 is 5.97 Å². The van der Waals surface area contributed by atoms with Gasteiger partial charge in [0.05, 0.1) is 18.2 Å². The molecule has 0 aliphatic carbocycles. The molecule has 1 atom stereocenters. The van der Waals surface area contributed by atoms with Crippen LogP contribution < -0.4 is 0 Å². The number of thioether (sulfide) groups is 1. The standard InChI is InChI=1S/C17H20N4O3S2/c1-10-12(3)26-16-14(10)15(19-9-20-16)25-8-13(22)24-11(2)17(23)21(4)7-5-6-18/h9,11H,5,7-8H2,1-4H3/t11-/m1/s1. The van der Waals surface area contributed by atoms with Gasteiger partial charge in [-0.05, 0) is 26.3 Å². The molecular formula is C17H20N4O3S2. The summed E-state index contributed by atoms with van der Waals surface area (Å²) in [5, 5.41) is 10.3. The number of aryl methyl sites for hydroxylation is 2. The average Bonchev–Trinajstić information content (AvgIpc) is 2.91. The minimum Gasteiger partial charge on any atom is -0.452 e. The lowest BCUT2D eigenvalue weighted by molar-refractivity contribution is -0.156. The molecular weight excluding hydrogens is 372 g/mol. The van der Waals surface area contributed by atoms with E-state index < -0.39 is 12.1 Å². The van der Waals surface area contributed by atoms with Gasteiger partial charge in [-0.1, -0.05) is 11.8 Å². The van der Waals surface area contributed by atoms with Crippen LogP contribution >= 0.6 is 23.1 Å². The highest BCUT2D eigenvalue weighted by Crippen LogP contribution is 2.34. The van der Waals surface area contributed by atoms with Gasteiger partial charge in [-0.15, -0.1) is 11.3 Å². The van der Waals surface area contributed by atoms with Crippen LogP contribution in [-0.2, 0) is 14.3 Å². The first kappa shape index (κ1) is 20.1. The molecule has 0 fully saturated rings. The predicted octanol–water partition coefficient (Wildman–Crippen LogP) is 2.70. The second-order valence-electron chi connectivity index (χ2n) is 5.73. The monoisotopic (exact) mass is 392 g/mol. The molecule has 7 nitrogen and oxygen atoms in total. The van der Waals surface area contributed by atoms with Gasteiger partial charge in [0.15, 0.2) is 6.10 Å². The number of hydrogen-bond acceptors (Lipinski definition) is 8. The number of carbonyl (C=O) groups is 2. The van der Waals surface area contributed by atoms with Crippen LogP contribution in [0, 0.1) is 25.2 Å². The van der Waals surface area contributed by atoms with E-state index in [0.29, 0.717) is 6.54 Å². The number of thiophene rings is 1. The number of nitrogens with zero attached hydrogens (tertiary/aromatic N) is 4. The van der Waals surface area contributed by atoms with Crippen LogP contribution in [0.25, 0.3) is 10.2 Å². The molecule has 0 spiro atoms. The van der Waals surface area contributed by atoms with E-state index in [9.17, 15) is 9.59 Å². The fourth-order valence-corrected chi connectivity index (χ4v) is 4.21. The summed E-state index contributed by atoms with van der Waals surface area (Å²) in [6.45, 7) is 5.88. The molecule has 0 unspecified atom stereocenters. The molecule has 1 amide bonds. The van der Waals surface area contributed by atoms with Crippen molar-refractivity contribution < 1.29 is 14.3 Å². The Morgan fingerprint density at radius 3 is 2.85 bits per heavy atom. The van der Waals surface area contributed by atoms with Gasteiger partial charge < -0.3 is 9.64 Å². The summed E-state index contributed by atoms with van der Waals surface area (Å²) >= 11 is 2.87. The van der Waals surface area contributed by atoms with Gasteiger partial charge in [0.1, 0.15) is 16.2 Å². The third-order valence-electron chi connectivity index (χ3n) is 3.85. The van der Waals surface area contributed by atoms with Crippen molar-refractivity contribution in [1.82, 2.24) is 14.9 Å². The Labute approximate surface area is 160 Å². The lowest BCUT2D eigenvalue weighted by atomic mass is 10.2. The van der Waals surface area contributed by atoms with Crippen molar-refractivity contribution in [2.24, 2.45) is 0 Å². The van der Waals surface area contributed by atoms with E-state index in [4.69, 9.17) is 10.00 Å². The molecule has 0 saturated carbocycles. The van der Waals surface area contributed by atoms with Crippen LogP contribution in [0.5, 0.6) is 0 Å². The zero-order valence-electron chi connectivity index (χ0n) is 15.1. The smallest absolute Gasteiger partial charge is 0.317 e. The second-order valence-corrected chi connectivity index (χ2v) is 7.90. The summed E-state index contributed by atoms with van der Waals surface area (Å²) in [6.07, 6.45) is 0.839. The third kappa shape index (κ3) is 4.71. The molecule has 2 heterocycles. The first-order valence-corrected chi connectivity index (χ1v) is 9.80. The second kappa shape index (κ2) is 8.96. The SMILES string of the molecule is Cc1sc2ncnc(SCC(=O)O[C@H](C)C(=O)N(C)CCC#N)c2c1C. The van der Waals surface area contributed by atoms with Crippen molar-refractivity contribution >= 4 is 45.2 Å². The normalized spacial score (nSPS) is 11.8. The minimum absolute atomic E-state index is 0.0555. The Morgan fingerprint density at radius 1 is 1.42 bits per heavy atom. The Kier molecular flexibility index (Phi) is 6.94. The van der Waals surface area contributed by atoms with E-state index in [1.165, 1.54) is 34.8 Å². The van der Waals surface area contributed by atoms with Gasteiger partial charge in [0.2, 0.25) is 0 Å². The number of aromatic nitrogens is 2. The molecule has 2 aromatic rings. The average molecular weight is 393 g/mol. The number of hydrogen-bond donors (Lipinski definition) is 0. The summed E-state index contributed by atoms with van der Waals surface area (Å²) < 4.78 is 5.21. The van der Waals surface area contributed by atoms with Crippen molar-refractivity contribution in [3.63, 3.8) is 0 Å². The van der Waals surface area contributed by atoms with Crippen molar-refractivity contribution in [2.45, 2.75) is 38.3 Å². The lowest BCUT2D eigenvalue weighted by Crippen LogP contribution is -2.38. The van der Waals surface area contributed by atoms with Crippen LogP contribution in [0.3, 0.4) is 0 Å². The highest BCUT2D eigenvalue weighted by Gasteiger charge is 2.22. The Hall–Kier alpha value is -2.18. The van der Waals surface area contributed by atoms with Crippen LogP contribution in [-0.4, -0.2) is 52.2 Å². The van der Waals surface area contributed by atoms with Gasteiger partial charge in [0, 0.05) is 23.9 Å². The topological polar surface area (TPSA) is 96.2 Å². The predicted molar refractivity (Wildman–Crippen MR) is 101 cm³/mol. The van der Waals surface area contributed by atoms with Gasteiger partial charge in [-0.3, -0.25) is 9.59 Å². The van der Waals surface area contributed by atoms with Gasteiger partial charge in [-0.2, -0.15) is 5.26 Å². The number of ether oxygens (including phenoxy) is 1. The number of rotatable bonds is 7. The maximum absolute atomic E-state index is 12.1. The van der Waals surface area contributed by atoms with Crippen LogP contribution in [0.1, 0.15) is 23.8 Å². The van der Waals surface area contributed by atoms with Crippen LogP contribution in [0.15, 0.2) is 11.4 Å². The minimum atomic E-state index is -0.887. The molecule has 2 aromatic heterocycles. The summed E-state index contributed by atoms with van der Waals surface area (Å²) in [6, 6.07) is 1.98. The van der Waals surface area contributed by atoms with Gasteiger partial charge in [-0.25, -0.2) is 9.97 Å². The molecule has 0 radical (unpaired) electrons. The van der Waals surface area contributed by atoms with E-state index >= 15 is 0 Å². The molecule has 0 aromatic carbocycles. The molecule has 2 rings (SSSR count). The summed E-state index contributed by atoms with van der Waals surface area (Å²) in [5.41, 5.74) is 1.11. The molecule has 0 bridgehead atoms. The first-order chi connectivity index (χ1) is 12.3. The van der Waals surface area contributed by atoms with E-state index in [1.54, 1.807) is 18.4 Å². The number of carbonyl (C=O) groups excluding carboxylic acids is 2. The zero-order chi connectivity index (χ0) is 19.3. The Bertz CT molecular complexity index is 860. The number of fused-ring (bicyclic) bond motifs is 1. The summed E-state index contributed by atoms with van der Waals surface area (Å²) in [7, 11) is 1.58. The Balaban J connectivity index is 1.95. The van der Waals surface area contributed by atoms with Crippen LogP contribution in [0.2, 0.25) is 0 Å². The molecule has 0 N–H and O–H groups in total. The number of likely N-dealkylation sites (N-methyl/N-ethyl adjacent to an activating group) is 1. The number of esters is 1. The van der Waals surface area contributed by atoms with E-state index in [-0.39, 0.29) is 18.1 Å². The molecule has 0 aliphatic heterocycles. The number of nitriles is 1. The number of amides is 1. The maximum Gasteiger partial charge on any atom is 0.317 e. The van der Waals surface area contributed by atoms with E-state index in [1.807, 2.05) is 19.9 Å². The van der Waals surface area contributed by atoms with E-state index in [2.05, 4.69) is 9.97 Å². The summed E-state index contributed by atoms with van der Waals surface area (Å²) in [4.78, 5) is 36.2. The highest BCUT2D eigenvalue weighted by molar-refractivity contribution is 8.00. The van der Waals surface area contributed by atoms with Crippen LogP contribution in [0.4, 0.5) is 0 Å². The largest absolute Gasteiger partial charge is 0.452 e. The van der Waals surface area contributed by atoms with Crippen molar-refractivity contribution in [1.29, 1.82) is 5.26 Å². The highest BCUT2D eigenvalue weighted by atomic mass is 32.2. The van der Waals surface area contributed by atoms with Gasteiger partial charge in [0.25, 0.3) is 5.91 Å². The zero-order valence-corrected chi connectivity index (χ0v) is 16.7. The molecule has 0 saturated heterocycles. The fraction of sp³-hybridized carbons (Fsp3) is 0.471. The Morgan fingerprint density at radius 2 is 2.15 bits per heavy atom.